The molecule has 1 aromatic heterocycles. The van der Waals surface area contributed by atoms with Gasteiger partial charge in [0.05, 0.1) is 38.2 Å². The normalized spacial score (nSPS) is 20.9. The van der Waals surface area contributed by atoms with E-state index < -0.39 is 17.1 Å². The van der Waals surface area contributed by atoms with Gasteiger partial charge < -0.3 is 33.9 Å². The molecular formula is C42H51ClN4O10. The van der Waals surface area contributed by atoms with E-state index in [-0.39, 0.29) is 41.7 Å². The summed E-state index contributed by atoms with van der Waals surface area (Å²) in [6.45, 7) is 3.11. The minimum absolute atomic E-state index is 0. The van der Waals surface area contributed by atoms with Gasteiger partial charge in [-0.15, -0.1) is 12.4 Å². The Bertz CT molecular complexity index is 2050. The number of aromatic amines is 1. The number of anilines is 1. The van der Waals surface area contributed by atoms with Gasteiger partial charge in [0, 0.05) is 61.9 Å². The molecule has 1 unspecified atom stereocenters. The summed E-state index contributed by atoms with van der Waals surface area (Å²) < 4.78 is 26.4. The number of aromatic nitrogens is 2. The molecule has 2 aliphatic carbocycles. The fourth-order valence-electron chi connectivity index (χ4n) is 8.78. The van der Waals surface area contributed by atoms with Gasteiger partial charge in [0.25, 0.3) is 5.56 Å². The van der Waals surface area contributed by atoms with Crippen LogP contribution in [0.1, 0.15) is 107 Å². The van der Waals surface area contributed by atoms with Gasteiger partial charge in [-0.2, -0.15) is 0 Å². The van der Waals surface area contributed by atoms with Crippen molar-refractivity contribution in [3.63, 3.8) is 0 Å². The van der Waals surface area contributed by atoms with Crippen LogP contribution in [0.4, 0.5) is 5.95 Å². The molecule has 57 heavy (non-hydrogen) atoms. The number of fused-ring (bicyclic) bond motifs is 5. The zero-order valence-corrected chi connectivity index (χ0v) is 33.6. The Morgan fingerprint density at radius 1 is 0.772 bits per heavy atom. The number of methoxy groups -OCH3 is 3. The maximum Gasteiger partial charge on any atom is 0.339 e. The second-order valence-corrected chi connectivity index (χ2v) is 15.1. The van der Waals surface area contributed by atoms with E-state index in [9.17, 15) is 24.0 Å². The van der Waals surface area contributed by atoms with Crippen molar-refractivity contribution in [2.75, 3.05) is 52.4 Å². The number of aryl methyl sites for hydroxylation is 1. The van der Waals surface area contributed by atoms with E-state index in [1.54, 1.807) is 26.4 Å². The first-order valence-corrected chi connectivity index (χ1v) is 19.6. The molecule has 2 N–H and O–H groups in total. The molecule has 0 amide bonds. The van der Waals surface area contributed by atoms with E-state index in [0.717, 1.165) is 86.8 Å². The molecule has 3 aromatic rings. The fraction of sp³-hybridized carbons (Fsp3) is 0.524. The summed E-state index contributed by atoms with van der Waals surface area (Å²) in [5.74, 6) is 0.697. The average Bonchev–Trinajstić information content (AvgIpc) is 3.65. The molecule has 2 aromatic carbocycles. The summed E-state index contributed by atoms with van der Waals surface area (Å²) in [5.41, 5.74) is 3.98. The Balaban J connectivity index is 0.000000161. The van der Waals surface area contributed by atoms with Gasteiger partial charge in [0.15, 0.2) is 0 Å². The lowest BCUT2D eigenvalue weighted by Gasteiger charge is -2.39. The number of carbonyl (C=O) groups is 4. The standard InChI is InChI=1S/C21H23N3O4.C13H15NO3.C8H12O3.ClH/c1-27-13-6-7-16-15(12-13)19(26)28-21(16)8-10-24(11-9-21)20-22-17-5-3-2-4-14(17)18(25)23-20;1-16-9-2-3-11-10(8-9)12(15)17-13(11)4-6-14-7-5-13;1-11-8(10)6-4-2-3-5-7(6)9;/h6-7,12H,2-5,8-11H2,1H3,(H,22,23,25);2-3,8,14H,4-7H2,1H3;6H,2-5H2,1H3;1H. The van der Waals surface area contributed by atoms with Crippen LogP contribution in [0, 0.1) is 5.92 Å². The molecule has 2 spiro atoms. The number of carbonyl (C=O) groups excluding carboxylic acids is 4. The Morgan fingerprint density at radius 2 is 1.33 bits per heavy atom. The SMILES string of the molecule is COC(=O)C1CCCCC1=O.COc1ccc2c(c1)C(=O)OC21CCN(c2nc3c(c(=O)[nH]2)CCCC3)CC1.COc1ccc2c(c1)C(=O)OC21CCNCC1.Cl. The zero-order valence-electron chi connectivity index (χ0n) is 32.7. The molecule has 306 valence electrons. The van der Waals surface area contributed by atoms with E-state index in [4.69, 9.17) is 23.9 Å². The molecule has 0 radical (unpaired) electrons. The number of rotatable bonds is 4. The van der Waals surface area contributed by atoms with Crippen LogP contribution in [0.15, 0.2) is 41.2 Å². The third kappa shape index (κ3) is 8.38. The van der Waals surface area contributed by atoms with Gasteiger partial charge in [0.1, 0.15) is 34.4 Å². The lowest BCUT2D eigenvalue weighted by molar-refractivity contribution is -0.150. The largest absolute Gasteiger partial charge is 0.497 e. The number of hydrogen-bond donors (Lipinski definition) is 2. The highest BCUT2D eigenvalue weighted by molar-refractivity contribution is 5.99. The van der Waals surface area contributed by atoms with Crippen molar-refractivity contribution in [1.29, 1.82) is 0 Å². The van der Waals surface area contributed by atoms with Crippen molar-refractivity contribution in [3.8, 4) is 11.5 Å². The number of nitrogens with one attached hydrogen (secondary N) is 2. The molecule has 0 bridgehead atoms. The number of halogens is 1. The number of hydrogen-bond acceptors (Lipinski definition) is 13. The van der Waals surface area contributed by atoms with Gasteiger partial charge in [-0.05, 0) is 75.9 Å². The first-order chi connectivity index (χ1) is 27.1. The molecule has 9 rings (SSSR count). The summed E-state index contributed by atoms with van der Waals surface area (Å²) in [5, 5.41) is 3.29. The Morgan fingerprint density at radius 3 is 1.89 bits per heavy atom. The van der Waals surface area contributed by atoms with Gasteiger partial charge in [0.2, 0.25) is 5.95 Å². The first kappa shape index (κ1) is 41.7. The number of H-pyrrole nitrogens is 1. The van der Waals surface area contributed by atoms with Crippen molar-refractivity contribution in [3.05, 3.63) is 80.3 Å². The van der Waals surface area contributed by atoms with Gasteiger partial charge in [-0.3, -0.25) is 19.4 Å². The second-order valence-electron chi connectivity index (χ2n) is 15.1. The smallest absolute Gasteiger partial charge is 0.339 e. The van der Waals surface area contributed by atoms with Crippen molar-refractivity contribution in [2.24, 2.45) is 5.92 Å². The maximum absolute atomic E-state index is 12.4. The Labute approximate surface area is 337 Å². The number of ketones is 1. The summed E-state index contributed by atoms with van der Waals surface area (Å²) in [4.78, 5) is 68.6. The summed E-state index contributed by atoms with van der Waals surface area (Å²) in [6, 6.07) is 11.2. The number of piperidine rings is 2. The molecule has 15 heteroatoms. The van der Waals surface area contributed by atoms with Crippen LogP contribution < -0.4 is 25.2 Å². The Kier molecular flexibility index (Phi) is 12.9. The van der Waals surface area contributed by atoms with Crippen molar-refractivity contribution < 1.29 is 42.9 Å². The molecule has 14 nitrogen and oxygen atoms in total. The van der Waals surface area contributed by atoms with E-state index in [2.05, 4.69) is 19.9 Å². The van der Waals surface area contributed by atoms with Crippen LogP contribution in [0.25, 0.3) is 0 Å². The van der Waals surface area contributed by atoms with Crippen LogP contribution >= 0.6 is 12.4 Å². The van der Waals surface area contributed by atoms with Crippen LogP contribution in [-0.4, -0.2) is 81.2 Å². The van der Waals surface area contributed by atoms with Gasteiger partial charge in [-0.25, -0.2) is 14.6 Å². The van der Waals surface area contributed by atoms with Gasteiger partial charge in [-0.1, -0.05) is 18.6 Å². The maximum atomic E-state index is 12.4. The second kappa shape index (κ2) is 17.7. The average molecular weight is 807 g/mol. The monoisotopic (exact) mass is 806 g/mol. The minimum Gasteiger partial charge on any atom is -0.497 e. The molecule has 3 fully saturated rings. The third-order valence-corrected chi connectivity index (χ3v) is 12.0. The van der Waals surface area contributed by atoms with Crippen molar-refractivity contribution in [1.82, 2.24) is 15.3 Å². The summed E-state index contributed by atoms with van der Waals surface area (Å²) >= 11 is 0. The van der Waals surface area contributed by atoms with E-state index >= 15 is 0 Å². The van der Waals surface area contributed by atoms with Crippen LogP contribution in [0.5, 0.6) is 11.5 Å². The summed E-state index contributed by atoms with van der Waals surface area (Å²) in [6.07, 6.45) is 9.95. The number of Topliss-reactive ketones (excluding diaryl/α,β-unsaturated/α-hetero) is 1. The highest BCUT2D eigenvalue weighted by Crippen LogP contribution is 2.46. The van der Waals surface area contributed by atoms with E-state index in [1.165, 1.54) is 7.11 Å². The molecule has 1 atom stereocenters. The number of nitrogens with zero attached hydrogens (tertiary/aromatic N) is 2. The Hall–Kier alpha value is -4.95. The van der Waals surface area contributed by atoms with E-state index in [0.29, 0.717) is 67.3 Å². The lowest BCUT2D eigenvalue weighted by Crippen LogP contribution is -2.44. The molecule has 2 saturated heterocycles. The van der Waals surface area contributed by atoms with E-state index in [1.807, 2.05) is 24.3 Å². The van der Waals surface area contributed by atoms with Gasteiger partial charge >= 0.3 is 17.9 Å². The summed E-state index contributed by atoms with van der Waals surface area (Å²) in [7, 11) is 4.51. The lowest BCUT2D eigenvalue weighted by atomic mass is 9.84. The van der Waals surface area contributed by atoms with Crippen LogP contribution in [0.3, 0.4) is 0 Å². The topological polar surface area (TPSA) is 175 Å². The molecule has 4 aliphatic heterocycles. The van der Waals surface area contributed by atoms with Crippen molar-refractivity contribution >= 4 is 42.0 Å². The number of benzene rings is 2. The predicted molar refractivity (Wildman–Crippen MR) is 211 cm³/mol. The fourth-order valence-corrected chi connectivity index (χ4v) is 8.78. The first-order valence-electron chi connectivity index (χ1n) is 19.6. The predicted octanol–water partition coefficient (Wildman–Crippen LogP) is 5.11. The third-order valence-electron chi connectivity index (χ3n) is 12.0. The quantitative estimate of drug-likeness (QED) is 0.202. The molecular weight excluding hydrogens is 756 g/mol. The van der Waals surface area contributed by atoms with Crippen molar-refractivity contribution in [2.45, 2.75) is 88.3 Å². The molecule has 1 saturated carbocycles. The number of ether oxygens (including phenoxy) is 5. The van der Waals surface area contributed by atoms with Crippen LogP contribution in [0.2, 0.25) is 0 Å². The van der Waals surface area contributed by atoms with Crippen LogP contribution in [-0.2, 0) is 47.8 Å². The molecule has 6 aliphatic rings. The highest BCUT2D eigenvalue weighted by atomic mass is 35.5. The highest BCUT2D eigenvalue weighted by Gasteiger charge is 2.48. The molecule has 5 heterocycles. The minimum atomic E-state index is -0.594. The number of esters is 3. The zero-order chi connectivity index (χ0) is 39.5.